The molecule has 0 spiro atoms. The predicted molar refractivity (Wildman–Crippen MR) is 138 cm³/mol. The lowest BCUT2D eigenvalue weighted by Crippen LogP contribution is -2.55. The molecule has 198 valence electrons. The van der Waals surface area contributed by atoms with Crippen LogP contribution in [0.5, 0.6) is 0 Å². The predicted octanol–water partition coefficient (Wildman–Crippen LogP) is 4.16. The molecule has 8 heteroatoms. The molecule has 0 aromatic heterocycles. The molecule has 3 amide bonds. The summed E-state index contributed by atoms with van der Waals surface area (Å²) in [4.78, 5) is 41.2. The summed E-state index contributed by atoms with van der Waals surface area (Å²) in [6.07, 6.45) is 2.40. The summed E-state index contributed by atoms with van der Waals surface area (Å²) in [5, 5.41) is 15.5. The van der Waals surface area contributed by atoms with Gasteiger partial charge in [-0.25, -0.2) is 4.79 Å². The number of carbonyl (C=O) groups is 3. The fraction of sp³-hybridized carbons (Fsp3) is 0.667. The van der Waals surface area contributed by atoms with Gasteiger partial charge >= 0.3 is 6.09 Å². The number of carbonyl (C=O) groups excluding carboxylic acids is 3. The van der Waals surface area contributed by atoms with E-state index in [1.54, 1.807) is 20.8 Å². The van der Waals surface area contributed by atoms with Gasteiger partial charge in [-0.3, -0.25) is 9.59 Å². The summed E-state index contributed by atoms with van der Waals surface area (Å²) in [6.45, 7) is 14.7. The Labute approximate surface area is 210 Å². The fourth-order valence-electron chi connectivity index (χ4n) is 3.94. The highest BCUT2D eigenvalue weighted by molar-refractivity contribution is 5.92. The van der Waals surface area contributed by atoms with Gasteiger partial charge in [0.1, 0.15) is 17.7 Å². The third-order valence-electron chi connectivity index (χ3n) is 5.60. The second kappa shape index (κ2) is 14.1. The Morgan fingerprint density at radius 1 is 1.09 bits per heavy atom. The van der Waals surface area contributed by atoms with E-state index in [0.717, 1.165) is 36.0 Å². The number of alkyl carbamates (subject to hydrolysis) is 1. The van der Waals surface area contributed by atoms with Crippen LogP contribution in [-0.4, -0.2) is 58.8 Å². The highest BCUT2D eigenvalue weighted by Crippen LogP contribution is 2.27. The van der Waals surface area contributed by atoms with Crippen LogP contribution >= 0.6 is 0 Å². The van der Waals surface area contributed by atoms with E-state index in [4.69, 9.17) is 4.74 Å². The monoisotopic (exact) mass is 491 g/mol. The van der Waals surface area contributed by atoms with Gasteiger partial charge < -0.3 is 25.4 Å². The largest absolute Gasteiger partial charge is 0.444 e. The lowest BCUT2D eigenvalue weighted by atomic mass is 9.96. The van der Waals surface area contributed by atoms with Gasteiger partial charge in [0, 0.05) is 12.6 Å². The first-order valence-electron chi connectivity index (χ1n) is 12.6. The highest BCUT2D eigenvalue weighted by Gasteiger charge is 2.36. The summed E-state index contributed by atoms with van der Waals surface area (Å²) in [7, 11) is 0. The number of aryl methyl sites for hydroxylation is 2. The Kier molecular flexibility index (Phi) is 12.2. The van der Waals surface area contributed by atoms with E-state index in [9.17, 15) is 19.5 Å². The van der Waals surface area contributed by atoms with Crippen molar-refractivity contribution >= 4 is 17.9 Å². The van der Waals surface area contributed by atoms with Gasteiger partial charge in [0.2, 0.25) is 11.8 Å². The van der Waals surface area contributed by atoms with E-state index in [1.165, 1.54) is 4.90 Å². The summed E-state index contributed by atoms with van der Waals surface area (Å²) in [5.41, 5.74) is 1.90. The molecule has 3 N–H and O–H groups in total. The zero-order valence-electron chi connectivity index (χ0n) is 22.7. The fourth-order valence-corrected chi connectivity index (χ4v) is 3.94. The van der Waals surface area contributed by atoms with Crippen LogP contribution in [0, 0.1) is 13.8 Å². The number of aliphatic hydroxyl groups is 1. The zero-order chi connectivity index (χ0) is 26.8. The number of hydrogen-bond acceptors (Lipinski definition) is 5. The number of benzene rings is 1. The van der Waals surface area contributed by atoms with Gasteiger partial charge in [0.15, 0.2) is 0 Å². The number of rotatable bonds is 12. The normalized spacial score (nSPS) is 14.0. The number of nitrogens with one attached hydrogen (secondary N) is 2. The average Bonchev–Trinajstić information content (AvgIpc) is 2.74. The third kappa shape index (κ3) is 9.88. The van der Waals surface area contributed by atoms with Crippen LogP contribution in [0.25, 0.3) is 0 Å². The quantitative estimate of drug-likeness (QED) is 0.407. The number of ether oxygens (including phenoxy) is 1. The van der Waals surface area contributed by atoms with E-state index in [-0.39, 0.29) is 11.9 Å². The van der Waals surface area contributed by atoms with Crippen molar-refractivity contribution in [2.24, 2.45) is 0 Å². The summed E-state index contributed by atoms with van der Waals surface area (Å²) in [6, 6.07) is 3.58. The first-order chi connectivity index (χ1) is 16.3. The van der Waals surface area contributed by atoms with Crippen LogP contribution in [-0.2, 0) is 14.3 Å². The Hall–Kier alpha value is -2.61. The number of amides is 3. The summed E-state index contributed by atoms with van der Waals surface area (Å²) < 4.78 is 5.27. The molecule has 0 fully saturated rings. The minimum Gasteiger partial charge on any atom is -0.444 e. The van der Waals surface area contributed by atoms with Crippen molar-refractivity contribution in [1.29, 1.82) is 0 Å². The zero-order valence-corrected chi connectivity index (χ0v) is 22.7. The van der Waals surface area contributed by atoms with Crippen molar-refractivity contribution in [1.82, 2.24) is 15.5 Å². The van der Waals surface area contributed by atoms with Crippen LogP contribution in [0.15, 0.2) is 18.2 Å². The number of unbranched alkanes of at least 4 members (excludes halogenated alkanes) is 1. The van der Waals surface area contributed by atoms with Crippen LogP contribution in [0.2, 0.25) is 0 Å². The third-order valence-corrected chi connectivity index (χ3v) is 5.60. The molecule has 0 saturated heterocycles. The van der Waals surface area contributed by atoms with E-state index in [1.807, 2.05) is 45.9 Å². The van der Waals surface area contributed by atoms with Crippen molar-refractivity contribution in [3.63, 3.8) is 0 Å². The van der Waals surface area contributed by atoms with Gasteiger partial charge in [-0.2, -0.15) is 0 Å². The molecule has 0 radical (unpaired) electrons. The summed E-state index contributed by atoms with van der Waals surface area (Å²) in [5.74, 6) is -0.814. The molecule has 8 nitrogen and oxygen atoms in total. The minimum atomic E-state index is -1.24. The minimum absolute atomic E-state index is 0.0580. The van der Waals surface area contributed by atoms with Gasteiger partial charge in [0.25, 0.3) is 0 Å². The molecule has 0 aliphatic rings. The molecule has 3 atom stereocenters. The molecular weight excluding hydrogens is 446 g/mol. The van der Waals surface area contributed by atoms with E-state index < -0.39 is 36.3 Å². The highest BCUT2D eigenvalue weighted by atomic mass is 16.6. The lowest BCUT2D eigenvalue weighted by Gasteiger charge is -2.35. The Morgan fingerprint density at radius 3 is 2.26 bits per heavy atom. The SMILES string of the molecule is CCCCN(C(=O)C(CO)NC(=O)OC(C)(C)C)C(C(=O)NC(C)CCC)c1ccc(C)cc1C. The second-order valence-electron chi connectivity index (χ2n) is 10.2. The molecule has 1 rings (SSSR count). The van der Waals surface area contributed by atoms with Crippen molar-refractivity contribution in [3.05, 3.63) is 34.9 Å². The van der Waals surface area contributed by atoms with Crippen LogP contribution < -0.4 is 10.6 Å². The number of hydrogen-bond donors (Lipinski definition) is 3. The van der Waals surface area contributed by atoms with Crippen LogP contribution in [0.1, 0.15) is 90.0 Å². The molecule has 0 saturated carbocycles. The second-order valence-corrected chi connectivity index (χ2v) is 10.2. The van der Waals surface area contributed by atoms with E-state index in [0.29, 0.717) is 13.0 Å². The molecule has 3 unspecified atom stereocenters. The van der Waals surface area contributed by atoms with Crippen molar-refractivity contribution in [2.75, 3.05) is 13.2 Å². The van der Waals surface area contributed by atoms with Gasteiger partial charge in [0.05, 0.1) is 6.61 Å². The maximum Gasteiger partial charge on any atom is 0.408 e. The van der Waals surface area contributed by atoms with Crippen molar-refractivity contribution in [3.8, 4) is 0 Å². The molecular formula is C27H45N3O5. The maximum atomic E-state index is 13.7. The molecule has 0 bridgehead atoms. The molecule has 0 aliphatic carbocycles. The average molecular weight is 492 g/mol. The van der Waals surface area contributed by atoms with Gasteiger partial charge in [-0.15, -0.1) is 0 Å². The topological polar surface area (TPSA) is 108 Å². The lowest BCUT2D eigenvalue weighted by molar-refractivity contribution is -0.143. The maximum absolute atomic E-state index is 13.7. The molecule has 1 aromatic rings. The Balaban J connectivity index is 3.44. The van der Waals surface area contributed by atoms with Gasteiger partial charge in [-0.1, -0.05) is 50.5 Å². The van der Waals surface area contributed by atoms with Crippen molar-refractivity contribution < 1.29 is 24.2 Å². The molecule has 35 heavy (non-hydrogen) atoms. The Morgan fingerprint density at radius 2 is 1.74 bits per heavy atom. The van der Waals surface area contributed by atoms with Crippen molar-refractivity contribution in [2.45, 2.75) is 105 Å². The first-order valence-corrected chi connectivity index (χ1v) is 12.6. The number of aliphatic hydroxyl groups excluding tert-OH is 1. The molecule has 0 aliphatic heterocycles. The van der Waals surface area contributed by atoms with Crippen LogP contribution in [0.4, 0.5) is 4.79 Å². The molecule has 1 aromatic carbocycles. The standard InChI is InChI=1S/C27H45N3O5/c1-9-11-15-30(25(33)22(17-31)29-26(34)35-27(6,7)8)23(24(32)28-20(5)12-10-2)21-14-13-18(3)16-19(21)4/h13-14,16,20,22-23,31H,9-12,15,17H2,1-8H3,(H,28,32)(H,29,34). The van der Waals surface area contributed by atoms with E-state index in [2.05, 4.69) is 17.6 Å². The molecule has 0 heterocycles. The van der Waals surface area contributed by atoms with E-state index >= 15 is 0 Å². The van der Waals surface area contributed by atoms with Gasteiger partial charge in [-0.05, 0) is 65.5 Å². The smallest absolute Gasteiger partial charge is 0.408 e. The Bertz CT molecular complexity index is 850. The number of nitrogens with zero attached hydrogens (tertiary/aromatic N) is 1. The van der Waals surface area contributed by atoms with Crippen LogP contribution in [0.3, 0.4) is 0 Å². The summed E-state index contributed by atoms with van der Waals surface area (Å²) >= 11 is 0. The first kappa shape index (κ1) is 30.4.